The minimum atomic E-state index is -0.183. The van der Waals surface area contributed by atoms with Crippen LogP contribution in [0.3, 0.4) is 0 Å². The molecule has 0 aliphatic carbocycles. The average molecular weight is 167 g/mol. The summed E-state index contributed by atoms with van der Waals surface area (Å²) in [5, 5.41) is 0. The van der Waals surface area contributed by atoms with Gasteiger partial charge in [-0.1, -0.05) is 0 Å². The van der Waals surface area contributed by atoms with Crippen LogP contribution in [0.5, 0.6) is 0 Å². The molecule has 0 bridgehead atoms. The molecule has 0 aromatic heterocycles. The molecule has 2 radical (unpaired) electrons. The zero-order valence-corrected chi connectivity index (χ0v) is 6.43. The molecule has 2 nitrogen and oxygen atoms in total. The van der Waals surface area contributed by atoms with Gasteiger partial charge >= 0.3 is 54.3 Å². The Morgan fingerprint density at radius 2 is 2.62 bits per heavy atom. The van der Waals surface area contributed by atoms with Crippen LogP contribution in [0.2, 0.25) is 0 Å². The number of nitrogens with zero attached hydrogens (tertiary/aromatic N) is 1. The maximum absolute atomic E-state index is 5.15. The first-order chi connectivity index (χ1) is 3.93. The molecule has 0 unspecified atom stereocenters. The molecule has 0 aromatic rings. The second-order valence-corrected chi connectivity index (χ2v) is 3.59. The third-order valence-electron chi connectivity index (χ3n) is 0.798. The Bertz CT molecular complexity index is 158. The van der Waals surface area contributed by atoms with Crippen molar-refractivity contribution in [3.63, 3.8) is 0 Å². The van der Waals surface area contributed by atoms with Gasteiger partial charge < -0.3 is 0 Å². The first-order valence-electron chi connectivity index (χ1n) is 2.31. The monoisotopic (exact) mass is 168 g/mol. The zero-order valence-electron chi connectivity index (χ0n) is 4.33. The molecular formula is C5H6GeN2. The molecule has 0 spiro atoms. The van der Waals surface area contributed by atoms with Crippen molar-refractivity contribution in [3.8, 4) is 0 Å². The second kappa shape index (κ2) is 2.72. The number of nitrogens with two attached hydrogens (primary N) is 1. The molecule has 8 heavy (non-hydrogen) atoms. The molecule has 3 heteroatoms. The van der Waals surface area contributed by atoms with Crippen LogP contribution < -0.4 is 5.73 Å². The molecule has 0 amide bonds. The summed E-state index contributed by atoms with van der Waals surface area (Å²) < 4.78 is 5.38. The van der Waals surface area contributed by atoms with E-state index in [0.717, 1.165) is 0 Å². The van der Waals surface area contributed by atoms with Gasteiger partial charge in [0.25, 0.3) is 0 Å². The van der Waals surface area contributed by atoms with Crippen molar-refractivity contribution in [2.45, 2.75) is 0 Å². The van der Waals surface area contributed by atoms with Crippen LogP contribution in [0, 0.1) is 0 Å². The number of allylic oxidation sites excluding steroid dienone is 3. The minimum absolute atomic E-state index is 0.183. The summed E-state index contributed by atoms with van der Waals surface area (Å²) in [6, 6.07) is 0. The van der Waals surface area contributed by atoms with Crippen LogP contribution in [-0.2, 0) is 0 Å². The van der Waals surface area contributed by atoms with Crippen molar-refractivity contribution in [1.29, 1.82) is 0 Å². The van der Waals surface area contributed by atoms with E-state index in [0.29, 0.717) is 0 Å². The standard InChI is InChI=1S/C5H6GeN2/c7-3-1-5-2-4-8-6-5/h1-4H,7H2/b3-1+. The van der Waals surface area contributed by atoms with Crippen LogP contribution in [0.25, 0.3) is 0 Å². The molecule has 0 fully saturated rings. The average Bonchev–Trinajstić information content (AvgIpc) is 2.19. The number of rotatable bonds is 1. The summed E-state index contributed by atoms with van der Waals surface area (Å²) in [6.45, 7) is 0. The van der Waals surface area contributed by atoms with Gasteiger partial charge in [-0.15, -0.1) is 0 Å². The van der Waals surface area contributed by atoms with Gasteiger partial charge in [0.05, 0.1) is 0 Å². The fourth-order valence-corrected chi connectivity index (χ4v) is 1.76. The SMILES string of the molecule is N/C=C/[C]1=CC=[N][Ge]1. The Morgan fingerprint density at radius 3 is 3.12 bits per heavy atom. The van der Waals surface area contributed by atoms with Crippen LogP contribution in [0.1, 0.15) is 0 Å². The molecule has 1 aliphatic heterocycles. The van der Waals surface area contributed by atoms with Crippen molar-refractivity contribution in [2.75, 3.05) is 0 Å². The third-order valence-corrected chi connectivity index (χ3v) is 2.62. The van der Waals surface area contributed by atoms with E-state index in [9.17, 15) is 0 Å². The predicted octanol–water partition coefficient (Wildman–Crippen LogP) is 0.0463. The molecule has 2 N–H and O–H groups in total. The Hall–Kier alpha value is -0.507. The normalized spacial score (nSPS) is 17.8. The van der Waals surface area contributed by atoms with Gasteiger partial charge in [-0.05, 0) is 0 Å². The van der Waals surface area contributed by atoms with E-state index >= 15 is 0 Å². The van der Waals surface area contributed by atoms with E-state index in [-0.39, 0.29) is 15.7 Å². The van der Waals surface area contributed by atoms with Gasteiger partial charge in [0.15, 0.2) is 0 Å². The fourth-order valence-electron chi connectivity index (χ4n) is 0.463. The van der Waals surface area contributed by atoms with E-state index in [1.54, 1.807) is 6.20 Å². The molecule has 0 aromatic carbocycles. The summed E-state index contributed by atoms with van der Waals surface area (Å²) in [7, 11) is 0. The van der Waals surface area contributed by atoms with Gasteiger partial charge in [0.1, 0.15) is 0 Å². The Labute approximate surface area is 54.9 Å². The first-order valence-corrected chi connectivity index (χ1v) is 4.30. The van der Waals surface area contributed by atoms with Crippen molar-refractivity contribution < 1.29 is 0 Å². The van der Waals surface area contributed by atoms with Gasteiger partial charge in [-0.3, -0.25) is 0 Å². The molecule has 0 saturated heterocycles. The molecule has 1 heterocycles. The Kier molecular flexibility index (Phi) is 1.91. The van der Waals surface area contributed by atoms with Crippen molar-refractivity contribution >= 4 is 21.9 Å². The number of hydrogen-bond acceptors (Lipinski definition) is 2. The summed E-state index contributed by atoms with van der Waals surface area (Å²) in [4.78, 5) is 0. The third kappa shape index (κ3) is 1.23. The van der Waals surface area contributed by atoms with E-state index in [1.165, 1.54) is 4.41 Å². The summed E-state index contributed by atoms with van der Waals surface area (Å²) in [6.07, 6.45) is 7.32. The van der Waals surface area contributed by atoms with Crippen LogP contribution in [0.15, 0.2) is 26.7 Å². The Morgan fingerprint density at radius 1 is 1.75 bits per heavy atom. The molecular weight excluding hydrogens is 161 g/mol. The first kappa shape index (κ1) is 5.63. The van der Waals surface area contributed by atoms with E-state index in [4.69, 9.17) is 5.73 Å². The van der Waals surface area contributed by atoms with Crippen molar-refractivity contribution in [1.82, 2.24) is 0 Å². The maximum atomic E-state index is 5.15. The fraction of sp³-hybridized carbons (Fsp3) is 0. The van der Waals surface area contributed by atoms with Gasteiger partial charge in [0, 0.05) is 0 Å². The molecule has 40 valence electrons. The predicted molar refractivity (Wildman–Crippen MR) is 35.7 cm³/mol. The quantitative estimate of drug-likeness (QED) is 0.550. The Balaban J connectivity index is 2.51. The van der Waals surface area contributed by atoms with E-state index in [1.807, 2.05) is 18.4 Å². The van der Waals surface area contributed by atoms with E-state index in [2.05, 4.69) is 3.95 Å². The molecule has 0 saturated carbocycles. The molecule has 1 aliphatic rings. The summed E-state index contributed by atoms with van der Waals surface area (Å²) in [5.41, 5.74) is 5.15. The van der Waals surface area contributed by atoms with Crippen LogP contribution in [0.4, 0.5) is 0 Å². The summed E-state index contributed by atoms with van der Waals surface area (Å²) >= 11 is -0.183. The van der Waals surface area contributed by atoms with Gasteiger partial charge in [-0.2, -0.15) is 0 Å². The van der Waals surface area contributed by atoms with Crippen molar-refractivity contribution in [2.24, 2.45) is 9.68 Å². The second-order valence-electron chi connectivity index (χ2n) is 1.37. The summed E-state index contributed by atoms with van der Waals surface area (Å²) in [5.74, 6) is 0. The molecule has 0 atom stereocenters. The van der Waals surface area contributed by atoms with Gasteiger partial charge in [0.2, 0.25) is 0 Å². The van der Waals surface area contributed by atoms with E-state index < -0.39 is 0 Å². The van der Waals surface area contributed by atoms with Crippen molar-refractivity contribution in [3.05, 3.63) is 22.8 Å². The van der Waals surface area contributed by atoms with Gasteiger partial charge in [-0.25, -0.2) is 0 Å². The van der Waals surface area contributed by atoms with Crippen LogP contribution >= 0.6 is 0 Å². The molecule has 1 rings (SSSR count). The van der Waals surface area contributed by atoms with Crippen LogP contribution in [-0.4, -0.2) is 21.9 Å². The zero-order chi connectivity index (χ0) is 5.82. The number of hydrogen-bond donors (Lipinski definition) is 1. The topological polar surface area (TPSA) is 38.4 Å².